The largest absolute Gasteiger partial charge is 0.309 e. The molecule has 0 saturated carbocycles. The summed E-state index contributed by atoms with van der Waals surface area (Å²) in [5, 5.41) is 5.00. The van der Waals surface area contributed by atoms with Gasteiger partial charge in [0.05, 0.1) is 33.5 Å². The number of para-hydroxylation sites is 4. The fraction of sp³-hybridized carbons (Fsp3) is 0.0448. The van der Waals surface area contributed by atoms with Crippen LogP contribution in [0.15, 0.2) is 243 Å². The van der Waals surface area contributed by atoms with E-state index in [0.29, 0.717) is 5.82 Å². The van der Waals surface area contributed by atoms with Gasteiger partial charge in [-0.2, -0.15) is 0 Å². The van der Waals surface area contributed by atoms with Gasteiger partial charge < -0.3 is 9.13 Å². The van der Waals surface area contributed by atoms with Crippen LogP contribution in [-0.2, 0) is 5.41 Å². The average Bonchev–Trinajstić information content (AvgIpc) is 4.04. The fourth-order valence-electron chi connectivity index (χ4n) is 11.4. The Kier molecular flexibility index (Phi) is 9.21. The zero-order valence-corrected chi connectivity index (χ0v) is 39.4. The standard InChI is InChI=1S/C67H46N4/c1-67(2)58-23-11-6-18-52(58)53-37-32-46(41-59(53)67)61-42-60(45-16-4-3-5-17-45)68-66(69-61)49-39-47(43-28-33-50(34-29-43)70-62-24-12-7-19-54(62)55-20-8-13-25-63(55)70)38-48(40-49)44-30-35-51(36-31-44)71-64-26-14-9-21-56(64)57-22-10-15-27-65(57)71/h3-42H,1-2H3. The van der Waals surface area contributed by atoms with E-state index in [4.69, 9.17) is 9.97 Å². The van der Waals surface area contributed by atoms with Crippen LogP contribution in [0.4, 0.5) is 0 Å². The van der Waals surface area contributed by atoms with Gasteiger partial charge in [0.2, 0.25) is 0 Å². The molecule has 1 aliphatic rings. The molecule has 1 aliphatic carbocycles. The van der Waals surface area contributed by atoms with Crippen LogP contribution in [0, 0.1) is 0 Å². The highest BCUT2D eigenvalue weighted by molar-refractivity contribution is 6.10. The molecule has 0 unspecified atom stereocenters. The predicted octanol–water partition coefficient (Wildman–Crippen LogP) is 17.3. The Morgan fingerprint density at radius 3 is 1.23 bits per heavy atom. The molecule has 4 heteroatoms. The van der Waals surface area contributed by atoms with Crippen molar-refractivity contribution in [2.45, 2.75) is 19.3 Å². The molecule has 13 aromatic rings. The zero-order chi connectivity index (χ0) is 47.2. The smallest absolute Gasteiger partial charge is 0.160 e. The van der Waals surface area contributed by atoms with Crippen molar-refractivity contribution in [2.24, 2.45) is 0 Å². The van der Waals surface area contributed by atoms with E-state index < -0.39 is 0 Å². The number of nitrogens with zero attached hydrogens (tertiary/aromatic N) is 4. The molecule has 71 heavy (non-hydrogen) atoms. The second-order valence-electron chi connectivity index (χ2n) is 19.4. The quantitative estimate of drug-likeness (QED) is 0.160. The van der Waals surface area contributed by atoms with E-state index in [-0.39, 0.29) is 5.41 Å². The van der Waals surface area contributed by atoms with Crippen molar-refractivity contribution in [3.05, 3.63) is 254 Å². The fourth-order valence-corrected chi connectivity index (χ4v) is 11.4. The molecule has 334 valence electrons. The van der Waals surface area contributed by atoms with Crippen LogP contribution in [0.25, 0.3) is 122 Å². The molecule has 0 radical (unpaired) electrons. The molecule has 14 rings (SSSR count). The summed E-state index contributed by atoms with van der Waals surface area (Å²) in [4.78, 5) is 10.9. The van der Waals surface area contributed by atoms with Crippen molar-refractivity contribution in [2.75, 3.05) is 0 Å². The highest BCUT2D eigenvalue weighted by Gasteiger charge is 2.35. The van der Waals surface area contributed by atoms with E-state index in [9.17, 15) is 0 Å². The molecule has 0 atom stereocenters. The summed E-state index contributed by atoms with van der Waals surface area (Å²) in [6, 6.07) is 87.9. The normalized spacial score (nSPS) is 12.8. The Morgan fingerprint density at radius 1 is 0.296 bits per heavy atom. The van der Waals surface area contributed by atoms with Crippen LogP contribution in [0.5, 0.6) is 0 Å². The van der Waals surface area contributed by atoms with E-state index in [1.54, 1.807) is 0 Å². The zero-order valence-electron chi connectivity index (χ0n) is 39.4. The van der Waals surface area contributed by atoms with Gasteiger partial charge in [0, 0.05) is 55.0 Å². The van der Waals surface area contributed by atoms with Crippen molar-refractivity contribution >= 4 is 43.6 Å². The molecular weight excluding hydrogens is 861 g/mol. The predicted molar refractivity (Wildman–Crippen MR) is 295 cm³/mol. The number of hydrogen-bond acceptors (Lipinski definition) is 2. The van der Waals surface area contributed by atoms with Gasteiger partial charge in [0.1, 0.15) is 0 Å². The van der Waals surface area contributed by atoms with Crippen LogP contribution >= 0.6 is 0 Å². The van der Waals surface area contributed by atoms with Crippen LogP contribution in [0.1, 0.15) is 25.0 Å². The maximum Gasteiger partial charge on any atom is 0.160 e. The molecule has 10 aromatic carbocycles. The van der Waals surface area contributed by atoms with Gasteiger partial charge in [0.25, 0.3) is 0 Å². The lowest BCUT2D eigenvalue weighted by molar-refractivity contribution is 0.660. The van der Waals surface area contributed by atoms with Gasteiger partial charge in [-0.1, -0.05) is 178 Å². The van der Waals surface area contributed by atoms with Crippen molar-refractivity contribution in [1.82, 2.24) is 19.1 Å². The van der Waals surface area contributed by atoms with E-state index >= 15 is 0 Å². The lowest BCUT2D eigenvalue weighted by atomic mass is 9.82. The number of aromatic nitrogens is 4. The summed E-state index contributed by atoms with van der Waals surface area (Å²) >= 11 is 0. The molecule has 0 N–H and O–H groups in total. The van der Waals surface area contributed by atoms with Crippen molar-refractivity contribution in [3.63, 3.8) is 0 Å². The Hall–Kier alpha value is -9.12. The Morgan fingerprint density at radius 2 is 0.704 bits per heavy atom. The van der Waals surface area contributed by atoms with Crippen LogP contribution in [0.2, 0.25) is 0 Å². The summed E-state index contributed by atoms with van der Waals surface area (Å²) < 4.78 is 4.75. The van der Waals surface area contributed by atoms with Gasteiger partial charge in [-0.15, -0.1) is 0 Å². The number of hydrogen-bond donors (Lipinski definition) is 0. The molecule has 0 saturated heterocycles. The summed E-state index contributed by atoms with van der Waals surface area (Å²) in [7, 11) is 0. The van der Waals surface area contributed by atoms with Crippen molar-refractivity contribution in [1.29, 1.82) is 0 Å². The minimum atomic E-state index is -0.141. The Labute approximate surface area is 412 Å². The number of benzene rings is 10. The van der Waals surface area contributed by atoms with Crippen LogP contribution < -0.4 is 0 Å². The SMILES string of the molecule is CC1(C)c2ccccc2-c2ccc(-c3cc(-c4ccccc4)nc(-c4cc(-c5ccc(-n6c7ccccc7c7ccccc76)cc5)cc(-c5ccc(-n6c7ccccc7c7ccccc76)cc5)c4)n3)cc21. The molecule has 3 aromatic heterocycles. The van der Waals surface area contributed by atoms with Gasteiger partial charge in [0.15, 0.2) is 5.82 Å². The van der Waals surface area contributed by atoms with E-state index in [1.807, 2.05) is 0 Å². The summed E-state index contributed by atoms with van der Waals surface area (Å²) in [6.07, 6.45) is 0. The van der Waals surface area contributed by atoms with E-state index in [2.05, 4.69) is 266 Å². The van der Waals surface area contributed by atoms with Gasteiger partial charge >= 0.3 is 0 Å². The Bertz CT molecular complexity index is 3950. The first-order valence-electron chi connectivity index (χ1n) is 24.5. The molecule has 3 heterocycles. The number of rotatable bonds is 7. The van der Waals surface area contributed by atoms with E-state index in [0.717, 1.165) is 61.7 Å². The van der Waals surface area contributed by atoms with Gasteiger partial charge in [-0.3, -0.25) is 0 Å². The average molecular weight is 907 g/mol. The third-order valence-electron chi connectivity index (χ3n) is 14.9. The monoisotopic (exact) mass is 906 g/mol. The maximum absolute atomic E-state index is 5.49. The molecule has 0 aliphatic heterocycles. The first kappa shape index (κ1) is 40.9. The summed E-state index contributed by atoms with van der Waals surface area (Å²) in [5.41, 5.74) is 21.4. The highest BCUT2D eigenvalue weighted by Crippen LogP contribution is 2.50. The molecule has 4 nitrogen and oxygen atoms in total. The van der Waals surface area contributed by atoms with Gasteiger partial charge in [-0.05, 0) is 123 Å². The third kappa shape index (κ3) is 6.60. The van der Waals surface area contributed by atoms with Crippen LogP contribution in [0.3, 0.4) is 0 Å². The lowest BCUT2D eigenvalue weighted by Crippen LogP contribution is -2.14. The van der Waals surface area contributed by atoms with Crippen molar-refractivity contribution in [3.8, 4) is 78.7 Å². The molecule has 0 bridgehead atoms. The first-order valence-corrected chi connectivity index (χ1v) is 24.5. The number of fused-ring (bicyclic) bond motifs is 9. The third-order valence-corrected chi connectivity index (χ3v) is 14.9. The van der Waals surface area contributed by atoms with Crippen LogP contribution in [-0.4, -0.2) is 19.1 Å². The lowest BCUT2D eigenvalue weighted by Gasteiger charge is -2.22. The topological polar surface area (TPSA) is 35.6 Å². The summed E-state index contributed by atoms with van der Waals surface area (Å²) in [6.45, 7) is 4.67. The van der Waals surface area contributed by atoms with Gasteiger partial charge in [-0.25, -0.2) is 9.97 Å². The van der Waals surface area contributed by atoms with Crippen molar-refractivity contribution < 1.29 is 0 Å². The van der Waals surface area contributed by atoms with E-state index in [1.165, 1.54) is 65.9 Å². The highest BCUT2D eigenvalue weighted by atomic mass is 15.0. The summed E-state index contributed by atoms with van der Waals surface area (Å²) in [5.74, 6) is 0.677. The minimum absolute atomic E-state index is 0.141. The molecule has 0 amide bonds. The first-order chi connectivity index (χ1) is 34.9. The molecule has 0 fully saturated rings. The second kappa shape index (κ2) is 16.0. The Balaban J connectivity index is 0.934. The molecule has 0 spiro atoms. The molecular formula is C67H46N4. The maximum atomic E-state index is 5.49. The minimum Gasteiger partial charge on any atom is -0.309 e. The second-order valence-corrected chi connectivity index (χ2v) is 19.4.